The van der Waals surface area contributed by atoms with Crippen LogP contribution >= 0.6 is 23.2 Å². The van der Waals surface area contributed by atoms with Crippen LogP contribution in [0.4, 0.5) is 0 Å². The van der Waals surface area contributed by atoms with E-state index in [4.69, 9.17) is 28.9 Å². The van der Waals surface area contributed by atoms with Crippen molar-refractivity contribution < 1.29 is 0 Å². The van der Waals surface area contributed by atoms with Crippen molar-refractivity contribution in [3.8, 4) is 0 Å². The predicted molar refractivity (Wildman–Crippen MR) is 49.6 cm³/mol. The largest absolute Gasteiger partial charge is 0.327 e. The van der Waals surface area contributed by atoms with Gasteiger partial charge in [0.2, 0.25) is 0 Å². The molecule has 2 atom stereocenters. The van der Waals surface area contributed by atoms with Crippen molar-refractivity contribution in [2.24, 2.45) is 5.73 Å². The molecule has 0 spiro atoms. The van der Waals surface area contributed by atoms with Gasteiger partial charge in [0.05, 0.1) is 0 Å². The van der Waals surface area contributed by atoms with Crippen molar-refractivity contribution in [3.63, 3.8) is 0 Å². The number of rotatable bonds is 1. The van der Waals surface area contributed by atoms with E-state index in [2.05, 4.69) is 4.98 Å². The lowest BCUT2D eigenvalue weighted by molar-refractivity contribution is 0.981. The Hall–Kier alpha value is -0.310. The highest BCUT2D eigenvalue weighted by molar-refractivity contribution is 6.34. The van der Waals surface area contributed by atoms with Crippen LogP contribution in [0.1, 0.15) is 17.9 Å². The highest BCUT2D eigenvalue weighted by atomic mass is 35.5. The van der Waals surface area contributed by atoms with Crippen LogP contribution in [0, 0.1) is 0 Å². The molecule has 0 saturated heterocycles. The zero-order valence-electron chi connectivity index (χ0n) is 6.30. The Morgan fingerprint density at radius 1 is 1.50 bits per heavy atom. The Balaban J connectivity index is 2.33. The molecule has 0 amide bonds. The SMILES string of the molecule is NC1CC1c1cnc(Cl)cc1Cl. The molecule has 2 unspecified atom stereocenters. The molecule has 1 fully saturated rings. The molecule has 1 saturated carbocycles. The third-order valence-electron chi connectivity index (χ3n) is 2.09. The molecule has 12 heavy (non-hydrogen) atoms. The van der Waals surface area contributed by atoms with Crippen molar-refractivity contribution in [2.45, 2.75) is 18.4 Å². The van der Waals surface area contributed by atoms with E-state index in [0.717, 1.165) is 12.0 Å². The maximum absolute atomic E-state index is 5.95. The highest BCUT2D eigenvalue weighted by Gasteiger charge is 2.36. The van der Waals surface area contributed by atoms with Crippen LogP contribution in [0.5, 0.6) is 0 Å². The Morgan fingerprint density at radius 2 is 2.17 bits per heavy atom. The molecule has 2 rings (SSSR count). The van der Waals surface area contributed by atoms with Crippen LogP contribution in [0.3, 0.4) is 0 Å². The molecule has 2 N–H and O–H groups in total. The minimum absolute atomic E-state index is 0.255. The molecular formula is C8H8Cl2N2. The highest BCUT2D eigenvalue weighted by Crippen LogP contribution is 2.42. The van der Waals surface area contributed by atoms with Crippen LogP contribution in [0.15, 0.2) is 12.3 Å². The first-order valence-corrected chi connectivity index (χ1v) is 4.50. The van der Waals surface area contributed by atoms with Gasteiger partial charge in [-0.2, -0.15) is 0 Å². The smallest absolute Gasteiger partial charge is 0.130 e. The van der Waals surface area contributed by atoms with E-state index in [0.29, 0.717) is 16.1 Å². The lowest BCUT2D eigenvalue weighted by atomic mass is 10.2. The molecule has 1 aliphatic rings. The van der Waals surface area contributed by atoms with Crippen molar-refractivity contribution in [3.05, 3.63) is 28.0 Å². The number of halogens is 2. The summed E-state index contributed by atoms with van der Waals surface area (Å²) in [4.78, 5) is 3.96. The molecule has 1 aromatic rings. The predicted octanol–water partition coefficient (Wildman–Crippen LogP) is 2.20. The normalized spacial score (nSPS) is 27.2. The number of hydrogen-bond donors (Lipinski definition) is 1. The van der Waals surface area contributed by atoms with Crippen molar-refractivity contribution in [2.75, 3.05) is 0 Å². The van der Waals surface area contributed by atoms with Crippen molar-refractivity contribution in [1.82, 2.24) is 4.98 Å². The Labute approximate surface area is 80.7 Å². The van der Waals surface area contributed by atoms with Crippen LogP contribution in [-0.4, -0.2) is 11.0 Å². The van der Waals surface area contributed by atoms with Crippen LogP contribution in [0.2, 0.25) is 10.2 Å². The summed E-state index contributed by atoms with van der Waals surface area (Å²) in [5.41, 5.74) is 6.71. The first-order valence-electron chi connectivity index (χ1n) is 3.75. The van der Waals surface area contributed by atoms with Crippen LogP contribution < -0.4 is 5.73 Å². The molecule has 0 bridgehead atoms. The Bertz CT molecular complexity index is 314. The monoisotopic (exact) mass is 202 g/mol. The van der Waals surface area contributed by atoms with Gasteiger partial charge in [-0.15, -0.1) is 0 Å². The molecular weight excluding hydrogens is 195 g/mol. The second-order valence-electron chi connectivity index (χ2n) is 3.03. The fourth-order valence-electron chi connectivity index (χ4n) is 1.26. The molecule has 1 heterocycles. The van der Waals surface area contributed by atoms with Gasteiger partial charge in [-0.1, -0.05) is 23.2 Å². The quantitative estimate of drug-likeness (QED) is 0.710. The topological polar surface area (TPSA) is 38.9 Å². The van der Waals surface area contributed by atoms with Gasteiger partial charge in [0.25, 0.3) is 0 Å². The van der Waals surface area contributed by atoms with Gasteiger partial charge >= 0.3 is 0 Å². The molecule has 4 heteroatoms. The van der Waals surface area contributed by atoms with Crippen molar-refractivity contribution in [1.29, 1.82) is 0 Å². The van der Waals surface area contributed by atoms with E-state index in [9.17, 15) is 0 Å². The number of nitrogens with zero attached hydrogens (tertiary/aromatic N) is 1. The Kier molecular flexibility index (Phi) is 1.99. The van der Waals surface area contributed by atoms with E-state index in [1.807, 2.05) is 0 Å². The number of nitrogens with two attached hydrogens (primary N) is 1. The van der Waals surface area contributed by atoms with E-state index < -0.39 is 0 Å². The van der Waals surface area contributed by atoms with Gasteiger partial charge in [-0.25, -0.2) is 4.98 Å². The number of hydrogen-bond acceptors (Lipinski definition) is 2. The lowest BCUT2D eigenvalue weighted by Gasteiger charge is -2.00. The first-order chi connectivity index (χ1) is 5.68. The van der Waals surface area contributed by atoms with E-state index in [1.165, 1.54) is 0 Å². The second-order valence-corrected chi connectivity index (χ2v) is 3.83. The fraction of sp³-hybridized carbons (Fsp3) is 0.375. The number of pyridine rings is 1. The molecule has 1 aliphatic carbocycles. The lowest BCUT2D eigenvalue weighted by Crippen LogP contribution is -2.01. The standard InChI is InChI=1S/C8H8Cl2N2/c9-6-2-8(10)12-3-5(6)4-1-7(4)11/h2-4,7H,1,11H2. The van der Waals surface area contributed by atoms with Gasteiger partial charge in [0.1, 0.15) is 5.15 Å². The summed E-state index contributed by atoms with van der Waals surface area (Å²) < 4.78 is 0. The third kappa shape index (κ3) is 1.42. The average Bonchev–Trinajstić information content (AvgIpc) is 2.66. The summed E-state index contributed by atoms with van der Waals surface area (Å²) in [6, 6.07) is 1.91. The first kappa shape index (κ1) is 8.30. The van der Waals surface area contributed by atoms with E-state index in [1.54, 1.807) is 12.3 Å². The van der Waals surface area contributed by atoms with E-state index in [-0.39, 0.29) is 6.04 Å². The summed E-state index contributed by atoms with van der Waals surface area (Å²) in [6.45, 7) is 0. The Morgan fingerprint density at radius 3 is 2.67 bits per heavy atom. The van der Waals surface area contributed by atoms with Crippen LogP contribution in [-0.2, 0) is 0 Å². The third-order valence-corrected chi connectivity index (χ3v) is 2.62. The minimum Gasteiger partial charge on any atom is -0.327 e. The maximum Gasteiger partial charge on any atom is 0.130 e. The van der Waals surface area contributed by atoms with Gasteiger partial charge in [0, 0.05) is 23.2 Å². The van der Waals surface area contributed by atoms with Gasteiger partial charge in [0.15, 0.2) is 0 Å². The molecule has 1 aromatic heterocycles. The minimum atomic E-state index is 0.255. The van der Waals surface area contributed by atoms with Crippen LogP contribution in [0.25, 0.3) is 0 Å². The summed E-state index contributed by atoms with van der Waals surface area (Å²) in [7, 11) is 0. The van der Waals surface area contributed by atoms with Gasteiger partial charge < -0.3 is 5.73 Å². The molecule has 64 valence electrons. The van der Waals surface area contributed by atoms with E-state index >= 15 is 0 Å². The molecule has 0 radical (unpaired) electrons. The van der Waals surface area contributed by atoms with Crippen molar-refractivity contribution >= 4 is 23.2 Å². The summed E-state index contributed by atoms with van der Waals surface area (Å²) in [6.07, 6.45) is 2.71. The molecule has 0 aromatic carbocycles. The average molecular weight is 203 g/mol. The summed E-state index contributed by atoms with van der Waals surface area (Å²) in [5.74, 6) is 0.391. The molecule has 0 aliphatic heterocycles. The zero-order chi connectivity index (χ0) is 8.72. The second kappa shape index (κ2) is 2.87. The van der Waals surface area contributed by atoms with Gasteiger partial charge in [-0.05, 0) is 18.1 Å². The number of aromatic nitrogens is 1. The summed E-state index contributed by atoms with van der Waals surface area (Å²) in [5, 5.41) is 1.10. The summed E-state index contributed by atoms with van der Waals surface area (Å²) >= 11 is 11.6. The molecule has 2 nitrogen and oxygen atoms in total. The zero-order valence-corrected chi connectivity index (χ0v) is 7.81. The van der Waals surface area contributed by atoms with Gasteiger partial charge in [-0.3, -0.25) is 0 Å². The fourth-order valence-corrected chi connectivity index (χ4v) is 1.77. The maximum atomic E-state index is 5.95.